The third-order valence-electron chi connectivity index (χ3n) is 2.22. The number of thiophene rings is 1. The quantitative estimate of drug-likeness (QED) is 0.694. The molecule has 0 fully saturated rings. The van der Waals surface area contributed by atoms with E-state index in [1.165, 1.54) is 11.3 Å². The van der Waals surface area contributed by atoms with Crippen molar-refractivity contribution in [3.63, 3.8) is 0 Å². The van der Waals surface area contributed by atoms with Crippen LogP contribution in [0.3, 0.4) is 0 Å². The van der Waals surface area contributed by atoms with Crippen molar-refractivity contribution in [2.75, 3.05) is 0 Å². The zero-order chi connectivity index (χ0) is 14.0. The number of rotatable bonds is 4. The lowest BCUT2D eigenvalue weighted by Gasteiger charge is -2.09. The highest BCUT2D eigenvalue weighted by atomic mass is 79.9. The maximum Gasteiger partial charge on any atom is 0.204 e. The minimum atomic E-state index is -0.0573. The zero-order valence-electron chi connectivity index (χ0n) is 10.3. The lowest BCUT2D eigenvalue weighted by molar-refractivity contribution is 0.104. The Morgan fingerprint density at radius 2 is 2.05 bits per heavy atom. The van der Waals surface area contributed by atoms with Gasteiger partial charge in [-0.05, 0) is 57.8 Å². The van der Waals surface area contributed by atoms with Gasteiger partial charge in [0.1, 0.15) is 5.75 Å². The molecule has 0 N–H and O–H groups in total. The molecule has 2 aromatic heterocycles. The molecule has 100 valence electrons. The van der Waals surface area contributed by atoms with Crippen LogP contribution >= 0.6 is 43.2 Å². The lowest BCUT2D eigenvalue weighted by Crippen LogP contribution is -2.07. The SMILES string of the molecule is CC(C)Oc1cncc(C(=O)c2cc(Br)c(Br)s2)c1. The highest BCUT2D eigenvalue weighted by molar-refractivity contribution is 9.13. The fourth-order valence-electron chi connectivity index (χ4n) is 1.48. The highest BCUT2D eigenvalue weighted by Crippen LogP contribution is 2.33. The monoisotopic (exact) mass is 403 g/mol. The molecule has 0 amide bonds. The number of carbonyl (C=O) groups excluding carboxylic acids is 1. The fraction of sp³-hybridized carbons (Fsp3) is 0.231. The molecule has 2 heterocycles. The minimum Gasteiger partial charge on any atom is -0.489 e. The summed E-state index contributed by atoms with van der Waals surface area (Å²) < 4.78 is 7.32. The molecule has 2 rings (SSSR count). The molecule has 0 radical (unpaired) electrons. The van der Waals surface area contributed by atoms with Gasteiger partial charge in [0.15, 0.2) is 0 Å². The maximum absolute atomic E-state index is 12.3. The molecule has 0 aromatic carbocycles. The van der Waals surface area contributed by atoms with E-state index in [1.807, 2.05) is 13.8 Å². The van der Waals surface area contributed by atoms with Gasteiger partial charge in [-0.3, -0.25) is 9.78 Å². The van der Waals surface area contributed by atoms with E-state index in [-0.39, 0.29) is 11.9 Å². The lowest BCUT2D eigenvalue weighted by atomic mass is 10.1. The first kappa shape index (κ1) is 14.7. The summed E-state index contributed by atoms with van der Waals surface area (Å²) >= 11 is 8.15. The van der Waals surface area contributed by atoms with Crippen molar-refractivity contribution in [2.45, 2.75) is 20.0 Å². The Labute approximate surface area is 132 Å². The van der Waals surface area contributed by atoms with Gasteiger partial charge >= 0.3 is 0 Å². The molecule has 0 bridgehead atoms. The molecule has 3 nitrogen and oxygen atoms in total. The van der Waals surface area contributed by atoms with Gasteiger partial charge in [0.2, 0.25) is 5.78 Å². The van der Waals surface area contributed by atoms with Gasteiger partial charge in [-0.1, -0.05) is 0 Å². The highest BCUT2D eigenvalue weighted by Gasteiger charge is 2.15. The van der Waals surface area contributed by atoms with Crippen molar-refractivity contribution in [1.29, 1.82) is 0 Å². The van der Waals surface area contributed by atoms with Crippen LogP contribution in [-0.2, 0) is 0 Å². The maximum atomic E-state index is 12.3. The van der Waals surface area contributed by atoms with Crippen LogP contribution < -0.4 is 4.74 Å². The molecule has 0 aliphatic heterocycles. The molecule has 0 aliphatic rings. The number of pyridine rings is 1. The van der Waals surface area contributed by atoms with E-state index < -0.39 is 0 Å². The molecular weight excluding hydrogens is 394 g/mol. The number of nitrogens with zero attached hydrogens (tertiary/aromatic N) is 1. The molecule has 0 atom stereocenters. The Morgan fingerprint density at radius 1 is 1.32 bits per heavy atom. The van der Waals surface area contributed by atoms with E-state index in [1.54, 1.807) is 24.5 Å². The van der Waals surface area contributed by atoms with Crippen LogP contribution in [0.25, 0.3) is 0 Å². The average molecular weight is 405 g/mol. The van der Waals surface area contributed by atoms with Crippen molar-refractivity contribution in [3.8, 4) is 5.75 Å². The summed E-state index contributed by atoms with van der Waals surface area (Å²) in [6.45, 7) is 3.87. The number of halogens is 2. The number of aromatic nitrogens is 1. The number of ether oxygens (including phenoxy) is 1. The average Bonchev–Trinajstić information content (AvgIpc) is 2.68. The van der Waals surface area contributed by atoms with Gasteiger partial charge in [0, 0.05) is 16.2 Å². The summed E-state index contributed by atoms with van der Waals surface area (Å²) in [6.07, 6.45) is 3.21. The summed E-state index contributed by atoms with van der Waals surface area (Å²) in [7, 11) is 0. The molecule has 0 saturated carbocycles. The zero-order valence-corrected chi connectivity index (χ0v) is 14.3. The van der Waals surface area contributed by atoms with Gasteiger partial charge in [0.25, 0.3) is 0 Å². The summed E-state index contributed by atoms with van der Waals surface area (Å²) in [4.78, 5) is 17.0. The van der Waals surface area contributed by atoms with Gasteiger partial charge in [-0.15, -0.1) is 11.3 Å². The Balaban J connectivity index is 2.28. The first-order chi connectivity index (χ1) is 8.97. The van der Waals surface area contributed by atoms with Gasteiger partial charge in [0.05, 0.1) is 21.0 Å². The van der Waals surface area contributed by atoms with Crippen LogP contribution in [0.4, 0.5) is 0 Å². The molecule has 0 unspecified atom stereocenters. The predicted molar refractivity (Wildman–Crippen MR) is 83.2 cm³/mol. The van der Waals surface area contributed by atoms with E-state index >= 15 is 0 Å². The first-order valence-corrected chi connectivity index (χ1v) is 7.99. The number of hydrogen-bond acceptors (Lipinski definition) is 4. The predicted octanol–water partition coefficient (Wildman–Crippen LogP) is 4.69. The summed E-state index contributed by atoms with van der Waals surface area (Å²) in [5, 5.41) is 0. The molecular formula is C13H11Br2NO2S. The van der Waals surface area contributed by atoms with Gasteiger partial charge in [-0.25, -0.2) is 0 Å². The van der Waals surface area contributed by atoms with Crippen molar-refractivity contribution in [3.05, 3.63) is 43.2 Å². The molecule has 0 spiro atoms. The third kappa shape index (κ3) is 3.64. The second-order valence-electron chi connectivity index (χ2n) is 4.14. The Hall–Kier alpha value is -0.720. The standard InChI is InChI=1S/C13H11Br2NO2S/c1-7(2)18-9-3-8(5-16-6-9)12(17)11-4-10(14)13(15)19-11/h3-7H,1-2H3. The van der Waals surface area contributed by atoms with Crippen LogP contribution in [0.15, 0.2) is 32.8 Å². The second-order valence-corrected chi connectivity index (χ2v) is 7.36. The Bertz CT molecular complexity index is 591. The minimum absolute atomic E-state index is 0.0529. The molecule has 19 heavy (non-hydrogen) atoms. The normalized spacial score (nSPS) is 10.8. The first-order valence-electron chi connectivity index (χ1n) is 5.58. The molecule has 6 heteroatoms. The van der Waals surface area contributed by atoms with Crippen molar-refractivity contribution in [1.82, 2.24) is 4.98 Å². The van der Waals surface area contributed by atoms with Crippen LogP contribution in [0.2, 0.25) is 0 Å². The van der Waals surface area contributed by atoms with Crippen LogP contribution in [0, 0.1) is 0 Å². The van der Waals surface area contributed by atoms with Crippen molar-refractivity contribution in [2.24, 2.45) is 0 Å². The van der Waals surface area contributed by atoms with Gasteiger partial charge < -0.3 is 4.74 Å². The Kier molecular flexibility index (Phi) is 4.76. The molecule has 0 aliphatic carbocycles. The molecule has 2 aromatic rings. The summed E-state index contributed by atoms with van der Waals surface area (Å²) in [6, 6.07) is 3.52. The summed E-state index contributed by atoms with van der Waals surface area (Å²) in [5.74, 6) is 0.550. The second kappa shape index (κ2) is 6.15. The largest absolute Gasteiger partial charge is 0.489 e. The van der Waals surface area contributed by atoms with Crippen LogP contribution in [-0.4, -0.2) is 16.9 Å². The third-order valence-corrected chi connectivity index (χ3v) is 5.47. The topological polar surface area (TPSA) is 39.2 Å². The Morgan fingerprint density at radius 3 is 2.63 bits per heavy atom. The van der Waals surface area contributed by atoms with E-state index in [4.69, 9.17) is 4.74 Å². The van der Waals surface area contributed by atoms with Crippen LogP contribution in [0.5, 0.6) is 5.75 Å². The number of carbonyl (C=O) groups is 1. The number of hydrogen-bond donors (Lipinski definition) is 0. The van der Waals surface area contributed by atoms with E-state index in [0.29, 0.717) is 16.2 Å². The smallest absolute Gasteiger partial charge is 0.204 e. The van der Waals surface area contributed by atoms with Crippen molar-refractivity contribution < 1.29 is 9.53 Å². The van der Waals surface area contributed by atoms with E-state index in [0.717, 1.165) is 8.26 Å². The van der Waals surface area contributed by atoms with Crippen LogP contribution in [0.1, 0.15) is 29.1 Å². The van der Waals surface area contributed by atoms with Crippen molar-refractivity contribution >= 4 is 49.0 Å². The molecule has 0 saturated heterocycles. The van der Waals surface area contributed by atoms with E-state index in [2.05, 4.69) is 36.8 Å². The van der Waals surface area contributed by atoms with E-state index in [9.17, 15) is 4.79 Å². The summed E-state index contributed by atoms with van der Waals surface area (Å²) in [5.41, 5.74) is 0.527. The number of ketones is 1. The van der Waals surface area contributed by atoms with Gasteiger partial charge in [-0.2, -0.15) is 0 Å². The fourth-order valence-corrected chi connectivity index (χ4v) is 3.48.